The summed E-state index contributed by atoms with van der Waals surface area (Å²) in [4.78, 5) is 15.4. The van der Waals surface area contributed by atoms with E-state index in [1.54, 1.807) is 0 Å². The van der Waals surface area contributed by atoms with Crippen molar-refractivity contribution in [2.75, 3.05) is 0 Å². The average molecular weight is 1870 g/mol. The van der Waals surface area contributed by atoms with E-state index >= 15 is 0 Å². The molecule has 0 saturated carbocycles. The lowest BCUT2D eigenvalue weighted by molar-refractivity contribution is 0.668. The predicted octanol–water partition coefficient (Wildman–Crippen LogP) is 34.5. The first-order valence-corrected chi connectivity index (χ1v) is 50.5. The van der Waals surface area contributed by atoms with Crippen LogP contribution >= 0.6 is 0 Å². The summed E-state index contributed by atoms with van der Waals surface area (Å²) in [6.45, 7) is 0. The lowest BCUT2D eigenvalue weighted by atomic mass is 9.70. The van der Waals surface area contributed by atoms with Crippen LogP contribution < -0.4 is 0 Å². The van der Waals surface area contributed by atoms with Gasteiger partial charge in [-0.25, -0.2) is 15.0 Å². The van der Waals surface area contributed by atoms with Gasteiger partial charge in [0.15, 0.2) is 0 Å². The summed E-state index contributed by atoms with van der Waals surface area (Å²) in [6.07, 6.45) is 0. The first-order chi connectivity index (χ1) is 73.0. The zero-order valence-corrected chi connectivity index (χ0v) is 79.3. The van der Waals surface area contributed by atoms with Gasteiger partial charge in [-0.2, -0.15) is 0 Å². The minimum absolute atomic E-state index is 0.456. The number of furan rings is 3. The maximum Gasteiger partial charge on any atom is 0.145 e. The number of nitrogens with zero attached hydrogens (tertiary/aromatic N) is 6. The van der Waals surface area contributed by atoms with Crippen LogP contribution in [0, 0.1) is 0 Å². The highest BCUT2D eigenvalue weighted by atomic mass is 16.3. The van der Waals surface area contributed by atoms with Crippen molar-refractivity contribution in [3.63, 3.8) is 0 Å². The first-order valence-electron chi connectivity index (χ1n) is 50.5. The van der Waals surface area contributed by atoms with Gasteiger partial charge in [-0.15, -0.1) is 0 Å². The molecule has 0 amide bonds. The Morgan fingerprint density at radius 3 is 0.891 bits per heavy atom. The number of hydrogen-bond acceptors (Lipinski definition) is 6. The molecule has 0 radical (unpaired) electrons. The summed E-state index contributed by atoms with van der Waals surface area (Å²) >= 11 is 0. The molecule has 9 heteroatoms. The average Bonchev–Trinajstić information content (AvgIpc) is 1.49. The smallest absolute Gasteiger partial charge is 0.145 e. The summed E-state index contributed by atoms with van der Waals surface area (Å²) < 4.78 is 27.1. The molecule has 0 bridgehead atoms. The van der Waals surface area contributed by atoms with Crippen LogP contribution in [0.5, 0.6) is 0 Å². The molecule has 0 fully saturated rings. The molecule has 0 saturated heterocycles. The number of rotatable bonds is 7. The number of aromatic nitrogens is 6. The fourth-order valence-corrected chi connectivity index (χ4v) is 26.8. The van der Waals surface area contributed by atoms with E-state index in [0.717, 1.165) is 150 Å². The highest BCUT2D eigenvalue weighted by Crippen LogP contribution is 2.70. The molecule has 6 aliphatic carbocycles. The van der Waals surface area contributed by atoms with Crippen LogP contribution in [-0.4, -0.2) is 28.7 Å². The third-order valence-electron chi connectivity index (χ3n) is 32.5. The van der Waals surface area contributed by atoms with E-state index in [2.05, 4.69) is 499 Å². The van der Waals surface area contributed by atoms with Gasteiger partial charge in [0.2, 0.25) is 0 Å². The van der Waals surface area contributed by atoms with Crippen molar-refractivity contribution in [3.05, 3.63) is 564 Å². The highest BCUT2D eigenvalue weighted by Gasteiger charge is 2.57. The number of imidazole rings is 3. The van der Waals surface area contributed by atoms with E-state index < -0.39 is 16.2 Å². The molecule has 6 aliphatic rings. The van der Waals surface area contributed by atoms with Crippen molar-refractivity contribution in [3.8, 4) is 129 Å². The van der Waals surface area contributed by atoms with Crippen LogP contribution in [0.3, 0.4) is 0 Å². The van der Waals surface area contributed by atoms with E-state index in [9.17, 15) is 0 Å². The Labute approximate surface area is 844 Å². The second-order valence-corrected chi connectivity index (χ2v) is 39.5. The largest absolute Gasteiger partial charge is 0.455 e. The van der Waals surface area contributed by atoms with Crippen LogP contribution in [0.25, 0.3) is 228 Å². The molecule has 22 aromatic carbocycles. The number of para-hydroxylation sites is 9. The second kappa shape index (κ2) is 30.8. The number of fused-ring (bicyclic) bond motifs is 45. The third-order valence-corrected chi connectivity index (χ3v) is 32.5. The molecule has 6 heterocycles. The van der Waals surface area contributed by atoms with Gasteiger partial charge in [-0.1, -0.05) is 413 Å². The quantitative estimate of drug-likeness (QED) is 0.158. The molecule has 9 nitrogen and oxygen atoms in total. The zero-order chi connectivity index (χ0) is 96.1. The molecule has 682 valence electrons. The normalized spacial score (nSPS) is 15.6. The maximum absolute atomic E-state index is 6.72. The molecule has 28 aromatic rings. The summed E-state index contributed by atoms with van der Waals surface area (Å²) in [6, 6.07) is 179. The molecule has 0 N–H and O–H groups in total. The minimum Gasteiger partial charge on any atom is -0.455 e. The van der Waals surface area contributed by atoms with Crippen molar-refractivity contribution in [1.29, 1.82) is 0 Å². The molecule has 3 unspecified atom stereocenters. The van der Waals surface area contributed by atoms with Gasteiger partial charge in [0.1, 0.15) is 51.0 Å². The van der Waals surface area contributed by atoms with E-state index in [4.69, 9.17) is 28.2 Å². The van der Waals surface area contributed by atoms with Crippen LogP contribution in [0.1, 0.15) is 66.8 Å². The van der Waals surface area contributed by atoms with Crippen LogP contribution in [0.2, 0.25) is 0 Å². The van der Waals surface area contributed by atoms with Crippen LogP contribution in [0.15, 0.2) is 511 Å². The van der Waals surface area contributed by atoms with Gasteiger partial charge >= 0.3 is 0 Å². The Bertz CT molecular complexity index is 10500. The Balaban J connectivity index is 0.0000000982. The molecule has 0 aliphatic heterocycles. The number of benzene rings is 22. The highest BCUT2D eigenvalue weighted by molar-refractivity contribution is 6.18. The van der Waals surface area contributed by atoms with E-state index in [-0.39, 0.29) is 0 Å². The van der Waals surface area contributed by atoms with E-state index in [1.807, 2.05) is 12.1 Å². The van der Waals surface area contributed by atoms with Gasteiger partial charge < -0.3 is 13.3 Å². The van der Waals surface area contributed by atoms with Crippen molar-refractivity contribution >= 4 is 98.9 Å². The summed E-state index contributed by atoms with van der Waals surface area (Å²) in [5.74, 6) is 2.82. The Hall–Kier alpha value is -19.4. The van der Waals surface area contributed by atoms with Crippen molar-refractivity contribution < 1.29 is 13.3 Å². The minimum atomic E-state index is -0.496. The predicted molar refractivity (Wildman–Crippen MR) is 596 cm³/mol. The Morgan fingerprint density at radius 1 is 0.170 bits per heavy atom. The summed E-state index contributed by atoms with van der Waals surface area (Å²) in [5.41, 5.74) is 49.9. The SMILES string of the molecule is c1ccc(-c2nc3ccccc3n2-c2ccc(-c3cccc4c3-c3ccccc3C43c4ccccc4-c4c3ccc3c4oc4ccccc43)cc2)cc1.c1ccc(-c2nc3ccccc3n2-c2ccc3c(c2)-c2ccccc2C32c3ccccc3-c3c2ccc2c3oc3ccccc32)cc1.c1ccc(-c2nc3ccccc3n2-c2cccc3c2-c2ccccc2C32c3ccccc3-c3c2ccc2c3oc3ccccc32)cc1. The lowest BCUT2D eigenvalue weighted by Gasteiger charge is -2.30. The van der Waals surface area contributed by atoms with Crippen LogP contribution in [0.4, 0.5) is 0 Å². The topological polar surface area (TPSA) is 92.9 Å². The Kier molecular flexibility index (Phi) is 17.1. The lowest BCUT2D eigenvalue weighted by Crippen LogP contribution is -2.25. The number of hydrogen-bond donors (Lipinski definition) is 0. The van der Waals surface area contributed by atoms with Crippen molar-refractivity contribution in [2.45, 2.75) is 16.2 Å². The molecule has 6 aromatic heterocycles. The zero-order valence-electron chi connectivity index (χ0n) is 79.3. The van der Waals surface area contributed by atoms with Gasteiger partial charge in [-0.3, -0.25) is 13.7 Å². The summed E-state index contributed by atoms with van der Waals surface area (Å²) in [5, 5.41) is 6.94. The standard InChI is InChI=1S/C50H30N2O.2C44H26N2O/c1-2-13-32(14-3-1)49-51-43-22-9-10-23-44(43)52(49)33-27-25-31(26-28-33)34-18-12-21-41-46(34)37-16-4-7-19-39(37)50(41)40-20-8-5-17-38(40)47-42(50)30-29-36-35-15-6-11-24-45(35)53-48(36)47;1-2-13-27(14-3-1)43-45-36-21-9-10-22-37(36)46(43)38-23-12-20-34-40(38)30-16-4-7-18-32(30)44(34)33-19-8-5-17-31(33)41-35(44)26-25-29-28-15-6-11-24-39(28)47-42(29)41;1-2-12-27(13-3-1)43-45-38-19-9-10-20-39(38)46(43)28-22-24-36-33(26-28)29-14-4-7-17-34(29)44(36)35-18-8-5-16-32(35)41-37(44)25-23-31-30-15-6-11-21-40(30)47-42(31)41/h1-30H;2*1-26H. The molecule has 147 heavy (non-hydrogen) atoms. The van der Waals surface area contributed by atoms with Gasteiger partial charge in [-0.05, 0) is 207 Å². The van der Waals surface area contributed by atoms with E-state index in [0.29, 0.717) is 0 Å². The molecular formula is C138H82N6O3. The van der Waals surface area contributed by atoms with Crippen molar-refractivity contribution in [1.82, 2.24) is 28.7 Å². The first kappa shape index (κ1) is 81.3. The van der Waals surface area contributed by atoms with Gasteiger partial charge in [0.25, 0.3) is 0 Å². The van der Waals surface area contributed by atoms with Crippen LogP contribution in [-0.2, 0) is 16.2 Å². The summed E-state index contributed by atoms with van der Waals surface area (Å²) in [7, 11) is 0. The molecule has 3 spiro atoms. The third kappa shape index (κ3) is 11.0. The van der Waals surface area contributed by atoms with Gasteiger partial charge in [0.05, 0.1) is 55.0 Å². The molecular weight excluding hydrogens is 1790 g/mol. The van der Waals surface area contributed by atoms with Crippen molar-refractivity contribution in [2.24, 2.45) is 0 Å². The fourth-order valence-electron chi connectivity index (χ4n) is 26.8. The monoisotopic (exact) mass is 1870 g/mol. The molecule has 34 rings (SSSR count). The Morgan fingerprint density at radius 2 is 0.456 bits per heavy atom. The fraction of sp³-hybridized carbons (Fsp3) is 0.0217. The maximum atomic E-state index is 6.72. The van der Waals surface area contributed by atoms with Gasteiger partial charge in [0, 0.05) is 82.6 Å². The second-order valence-electron chi connectivity index (χ2n) is 39.5. The van der Waals surface area contributed by atoms with E-state index in [1.165, 1.54) is 145 Å². The molecule has 3 atom stereocenters.